The maximum Gasteiger partial charge on any atom is 0.0465 e. The van der Waals surface area contributed by atoms with E-state index in [-0.39, 0.29) is 21.7 Å². The number of hydrogen-bond acceptors (Lipinski definition) is 2. The molecule has 0 spiro atoms. The highest BCUT2D eigenvalue weighted by molar-refractivity contribution is 5.93. The molecule has 422 valence electrons. The number of fused-ring (bicyclic) bond motifs is 12. The maximum absolute atomic E-state index is 2.54. The smallest absolute Gasteiger partial charge is 0.0465 e. The molecule has 1 atom stereocenters. The average molecular weight is 1110 g/mol. The Kier molecular flexibility index (Phi) is 12.0. The zero-order chi connectivity index (χ0) is 59.3. The Balaban J connectivity index is 0.737. The van der Waals surface area contributed by atoms with Gasteiger partial charge in [0.05, 0.1) is 0 Å². The molecular weight excluding hydrogens is 1040 g/mol. The summed E-state index contributed by atoms with van der Waals surface area (Å²) in [5, 5.41) is 0. The molecule has 2 nitrogen and oxygen atoms in total. The molecule has 0 N–H and O–H groups in total. The Bertz CT molecular complexity index is 4570. The van der Waals surface area contributed by atoms with Crippen molar-refractivity contribution in [2.45, 2.75) is 117 Å². The molecule has 0 fully saturated rings. The van der Waals surface area contributed by atoms with Gasteiger partial charge in [0, 0.05) is 55.8 Å². The van der Waals surface area contributed by atoms with Gasteiger partial charge in [-0.25, -0.2) is 0 Å². The van der Waals surface area contributed by atoms with Gasteiger partial charge in [-0.1, -0.05) is 208 Å². The van der Waals surface area contributed by atoms with E-state index >= 15 is 0 Å². The lowest BCUT2D eigenvalue weighted by molar-refractivity contribution is 0.649. The van der Waals surface area contributed by atoms with E-state index in [1.54, 1.807) is 0 Å². The van der Waals surface area contributed by atoms with Crippen molar-refractivity contribution in [2.75, 3.05) is 9.80 Å². The molecule has 86 heavy (non-hydrogen) atoms. The van der Waals surface area contributed by atoms with Crippen LogP contribution in [0.2, 0.25) is 0 Å². The lowest BCUT2D eigenvalue weighted by atomic mass is 9.78. The number of nitrogens with zero attached hydrogens (tertiary/aromatic N) is 2. The van der Waals surface area contributed by atoms with Crippen LogP contribution in [0, 0.1) is 13.8 Å². The standard InChI is InChI=1S/C84H76N2/c1-13-53(4)56-26-39-69-71-49-80-72(50-79(71)82(7,8)74(69)44-56)70-41-28-58(46-76(70)83(80,9)10)55-24-35-62(36-25-55)86(60-31-20-52(3)21-32-60)64-38-43-68-67-42-37-63(47-77(67)84(11,12)78(68)48-64)85(59-29-18-51(2)19-30-59)61-33-22-54(23-34-61)57-27-40-66-65-16-14-15-17-73(65)81(5,6)75(66)45-57/h14-50,53H,13H2,1-12H3. The molecule has 15 rings (SSSR count). The molecule has 0 radical (unpaired) electrons. The molecule has 0 aromatic heterocycles. The van der Waals surface area contributed by atoms with Crippen LogP contribution in [-0.2, 0) is 21.7 Å². The zero-order valence-corrected chi connectivity index (χ0v) is 52.0. The van der Waals surface area contributed by atoms with Gasteiger partial charge in [0.25, 0.3) is 0 Å². The minimum absolute atomic E-state index is 0.0519. The molecular formula is C84H76N2. The number of anilines is 6. The quantitative estimate of drug-likeness (QED) is 0.135. The van der Waals surface area contributed by atoms with Gasteiger partial charge in [-0.15, -0.1) is 0 Å². The third kappa shape index (κ3) is 8.12. The van der Waals surface area contributed by atoms with Crippen LogP contribution >= 0.6 is 0 Å². The van der Waals surface area contributed by atoms with Crippen LogP contribution in [0.5, 0.6) is 0 Å². The molecule has 2 heteroatoms. The fourth-order valence-electron chi connectivity index (χ4n) is 15.5. The predicted octanol–water partition coefficient (Wildman–Crippen LogP) is 23.3. The van der Waals surface area contributed by atoms with E-state index in [4.69, 9.17) is 0 Å². The average Bonchev–Trinajstić information content (AvgIpc) is 1.58. The van der Waals surface area contributed by atoms with Gasteiger partial charge in [-0.3, -0.25) is 0 Å². The summed E-state index contributed by atoms with van der Waals surface area (Å²) in [6.07, 6.45) is 1.15. The van der Waals surface area contributed by atoms with Crippen molar-refractivity contribution in [1.29, 1.82) is 0 Å². The lowest BCUT2D eigenvalue weighted by Crippen LogP contribution is -2.17. The Labute approximate surface area is 510 Å². The van der Waals surface area contributed by atoms with Crippen LogP contribution in [0.15, 0.2) is 224 Å². The van der Waals surface area contributed by atoms with Crippen molar-refractivity contribution in [2.24, 2.45) is 0 Å². The lowest BCUT2D eigenvalue weighted by Gasteiger charge is -2.29. The topological polar surface area (TPSA) is 6.48 Å². The van der Waals surface area contributed by atoms with Gasteiger partial charge in [0.1, 0.15) is 0 Å². The Morgan fingerprint density at radius 1 is 0.279 bits per heavy atom. The molecule has 11 aromatic rings. The highest BCUT2D eigenvalue weighted by Crippen LogP contribution is 2.58. The summed E-state index contributed by atoms with van der Waals surface area (Å²) in [6.45, 7) is 28.2. The van der Waals surface area contributed by atoms with Crippen LogP contribution in [0.3, 0.4) is 0 Å². The maximum atomic E-state index is 2.54. The first-order chi connectivity index (χ1) is 41.3. The van der Waals surface area contributed by atoms with Crippen LogP contribution < -0.4 is 9.80 Å². The van der Waals surface area contributed by atoms with Gasteiger partial charge < -0.3 is 9.80 Å². The summed E-state index contributed by atoms with van der Waals surface area (Å²) in [6, 6.07) is 86.2. The third-order valence-electron chi connectivity index (χ3n) is 20.9. The van der Waals surface area contributed by atoms with Gasteiger partial charge in [0.15, 0.2) is 0 Å². The van der Waals surface area contributed by atoms with Crippen molar-refractivity contribution in [3.8, 4) is 66.8 Å². The second-order valence-electron chi connectivity index (χ2n) is 27.5. The van der Waals surface area contributed by atoms with E-state index in [0.29, 0.717) is 5.92 Å². The number of aryl methyl sites for hydroxylation is 2. The first kappa shape index (κ1) is 53.7. The van der Waals surface area contributed by atoms with E-state index in [9.17, 15) is 0 Å². The summed E-state index contributed by atoms with van der Waals surface area (Å²) >= 11 is 0. The summed E-state index contributed by atoms with van der Waals surface area (Å²) in [4.78, 5) is 4.86. The first-order valence-corrected chi connectivity index (χ1v) is 31.3. The van der Waals surface area contributed by atoms with Gasteiger partial charge in [0.2, 0.25) is 0 Å². The largest absolute Gasteiger partial charge is 0.310 e. The minimum atomic E-state index is -0.276. The van der Waals surface area contributed by atoms with Crippen LogP contribution in [-0.4, -0.2) is 0 Å². The molecule has 0 saturated heterocycles. The van der Waals surface area contributed by atoms with E-state index in [0.717, 1.165) is 40.5 Å². The van der Waals surface area contributed by atoms with Crippen LogP contribution in [0.25, 0.3) is 66.8 Å². The third-order valence-corrected chi connectivity index (χ3v) is 20.9. The second kappa shape index (κ2) is 19.3. The summed E-state index contributed by atoms with van der Waals surface area (Å²) in [5.41, 5.74) is 37.2. The van der Waals surface area contributed by atoms with E-state index < -0.39 is 0 Å². The van der Waals surface area contributed by atoms with Gasteiger partial charge in [-0.05, 0) is 240 Å². The summed E-state index contributed by atoms with van der Waals surface area (Å²) < 4.78 is 0. The fourth-order valence-corrected chi connectivity index (χ4v) is 15.5. The second-order valence-corrected chi connectivity index (χ2v) is 27.5. The SMILES string of the molecule is CCC(C)c1ccc2c(c1)C(C)(C)c1cc3c(cc1-2)C(C)(C)c1cc(-c2ccc(N(c4ccc(C)cc4)c4ccc5c(c4)C(C)(C)c4cc(N(c6ccc(C)cc6)c6ccc(-c7ccc8c(c7)C(C)(C)c7ccccc7-8)cc6)ccc4-5)cc2)ccc1-3. The number of rotatable bonds is 10. The molecule has 4 aliphatic rings. The summed E-state index contributed by atoms with van der Waals surface area (Å²) in [7, 11) is 0. The van der Waals surface area contributed by atoms with Gasteiger partial charge >= 0.3 is 0 Å². The Hall–Kier alpha value is -8.98. The molecule has 0 saturated carbocycles. The molecule has 4 aliphatic carbocycles. The predicted molar refractivity (Wildman–Crippen MR) is 365 cm³/mol. The van der Waals surface area contributed by atoms with Crippen molar-refractivity contribution in [1.82, 2.24) is 0 Å². The first-order valence-electron chi connectivity index (χ1n) is 31.3. The highest BCUT2D eigenvalue weighted by Gasteiger charge is 2.43. The monoisotopic (exact) mass is 1110 g/mol. The number of hydrogen-bond donors (Lipinski definition) is 0. The van der Waals surface area contributed by atoms with Gasteiger partial charge in [-0.2, -0.15) is 0 Å². The Morgan fingerprint density at radius 2 is 0.581 bits per heavy atom. The summed E-state index contributed by atoms with van der Waals surface area (Å²) in [5.74, 6) is 0.552. The van der Waals surface area contributed by atoms with Crippen molar-refractivity contribution >= 4 is 34.1 Å². The number of benzene rings is 11. The van der Waals surface area contributed by atoms with E-state index in [1.165, 1.54) is 128 Å². The fraction of sp³-hybridized carbons (Fsp3) is 0.214. The molecule has 0 aliphatic heterocycles. The van der Waals surface area contributed by atoms with Crippen molar-refractivity contribution in [3.05, 3.63) is 286 Å². The molecule has 1 unspecified atom stereocenters. The van der Waals surface area contributed by atoms with Crippen LogP contribution in [0.1, 0.15) is 143 Å². The molecule has 0 bridgehead atoms. The molecule has 0 amide bonds. The van der Waals surface area contributed by atoms with Crippen LogP contribution in [0.4, 0.5) is 34.1 Å². The Morgan fingerprint density at radius 3 is 1.01 bits per heavy atom. The normalized spacial score (nSPS) is 15.6. The van der Waals surface area contributed by atoms with Crippen molar-refractivity contribution in [3.63, 3.8) is 0 Å². The minimum Gasteiger partial charge on any atom is -0.310 e. The van der Waals surface area contributed by atoms with E-state index in [2.05, 4.69) is 317 Å². The molecule has 0 heterocycles. The zero-order valence-electron chi connectivity index (χ0n) is 52.0. The van der Waals surface area contributed by atoms with Crippen molar-refractivity contribution < 1.29 is 0 Å². The highest BCUT2D eigenvalue weighted by atomic mass is 15.1. The van der Waals surface area contributed by atoms with E-state index in [1.807, 2.05) is 0 Å². The molecule has 11 aromatic carbocycles.